The molecule has 0 saturated carbocycles. The van der Waals surface area contributed by atoms with E-state index in [1.165, 1.54) is 0 Å². The van der Waals surface area contributed by atoms with Crippen molar-refractivity contribution in [3.8, 4) is 11.1 Å². The van der Waals surface area contributed by atoms with E-state index in [-0.39, 0.29) is 11.5 Å². The molecule has 0 heterocycles. The molecule has 0 spiro atoms. The van der Waals surface area contributed by atoms with Crippen LogP contribution in [0.3, 0.4) is 0 Å². The van der Waals surface area contributed by atoms with Gasteiger partial charge in [0.2, 0.25) is 5.91 Å². The third-order valence-electron chi connectivity index (χ3n) is 2.80. The minimum atomic E-state index is -1.30. The first-order chi connectivity index (χ1) is 9.95. The van der Waals surface area contributed by atoms with Gasteiger partial charge >= 0.3 is 0 Å². The summed E-state index contributed by atoms with van der Waals surface area (Å²) in [4.78, 5) is 10.8. The summed E-state index contributed by atoms with van der Waals surface area (Å²) in [6.45, 7) is 0. The van der Waals surface area contributed by atoms with Gasteiger partial charge in [0.1, 0.15) is 5.75 Å². The van der Waals surface area contributed by atoms with E-state index in [1.807, 2.05) is 30.3 Å². The summed E-state index contributed by atoms with van der Waals surface area (Å²) < 4.78 is 11.7. The van der Waals surface area contributed by atoms with Crippen LogP contribution in [-0.2, 0) is 21.3 Å². The fourth-order valence-corrected chi connectivity index (χ4v) is 3.44. The quantitative estimate of drug-likeness (QED) is 0.905. The standard InChI is InChI=1S/C15H13Cl2NO2S/c16-12-4-5-13(14(17)7-12)11-3-1-2-10(6-11)8-21(20)9-15(18)19/h1-7H,8-9H2,(H2,18,19). The van der Waals surface area contributed by atoms with Crippen LogP contribution in [0.1, 0.15) is 5.56 Å². The lowest BCUT2D eigenvalue weighted by molar-refractivity contribution is -0.115. The Balaban J connectivity index is 2.25. The average molecular weight is 342 g/mol. The maximum Gasteiger partial charge on any atom is 0.230 e. The average Bonchev–Trinajstić information content (AvgIpc) is 2.37. The Hall–Kier alpha value is -1.36. The number of amides is 1. The number of hydrogen-bond acceptors (Lipinski definition) is 2. The van der Waals surface area contributed by atoms with Crippen LogP contribution in [0.15, 0.2) is 42.5 Å². The molecule has 0 radical (unpaired) electrons. The maximum atomic E-state index is 11.7. The highest BCUT2D eigenvalue weighted by molar-refractivity contribution is 7.84. The summed E-state index contributed by atoms with van der Waals surface area (Å²) in [5.74, 6) is -0.418. The summed E-state index contributed by atoms with van der Waals surface area (Å²) >= 11 is 12.1. The van der Waals surface area contributed by atoms with Crippen molar-refractivity contribution in [3.63, 3.8) is 0 Å². The molecule has 2 aromatic rings. The molecule has 21 heavy (non-hydrogen) atoms. The van der Waals surface area contributed by atoms with Crippen molar-refractivity contribution in [3.05, 3.63) is 58.1 Å². The highest BCUT2D eigenvalue weighted by Gasteiger charge is 2.08. The molecule has 0 saturated heterocycles. The molecule has 1 atom stereocenters. The number of halogens is 2. The molecule has 0 aliphatic heterocycles. The SMILES string of the molecule is NC(=O)CS(=O)Cc1cccc(-c2ccc(Cl)cc2Cl)c1. The minimum absolute atomic E-state index is 0.133. The van der Waals surface area contributed by atoms with Crippen LogP contribution in [0.25, 0.3) is 11.1 Å². The van der Waals surface area contributed by atoms with Gasteiger partial charge in [-0.15, -0.1) is 0 Å². The van der Waals surface area contributed by atoms with E-state index in [0.717, 1.165) is 16.7 Å². The zero-order chi connectivity index (χ0) is 15.4. The Bertz CT molecular complexity index is 704. The van der Waals surface area contributed by atoms with Gasteiger partial charge in [0.05, 0.1) is 0 Å². The Morgan fingerprint density at radius 3 is 2.57 bits per heavy atom. The molecule has 6 heteroatoms. The predicted molar refractivity (Wildman–Crippen MR) is 87.8 cm³/mol. The first-order valence-corrected chi connectivity index (χ1v) is 8.38. The van der Waals surface area contributed by atoms with Crippen molar-refractivity contribution in [2.75, 3.05) is 5.75 Å². The topological polar surface area (TPSA) is 60.2 Å². The molecule has 110 valence electrons. The van der Waals surface area contributed by atoms with E-state index in [1.54, 1.807) is 12.1 Å². The normalized spacial score (nSPS) is 12.1. The zero-order valence-electron chi connectivity index (χ0n) is 11.0. The van der Waals surface area contributed by atoms with Gasteiger partial charge in [-0.2, -0.15) is 0 Å². The van der Waals surface area contributed by atoms with Crippen LogP contribution in [-0.4, -0.2) is 15.9 Å². The van der Waals surface area contributed by atoms with E-state index in [4.69, 9.17) is 28.9 Å². The van der Waals surface area contributed by atoms with Crippen molar-refractivity contribution in [2.45, 2.75) is 5.75 Å². The van der Waals surface area contributed by atoms with Crippen LogP contribution in [0, 0.1) is 0 Å². The molecule has 2 rings (SSSR count). The van der Waals surface area contributed by atoms with Gasteiger partial charge in [-0.05, 0) is 23.3 Å². The van der Waals surface area contributed by atoms with E-state index in [2.05, 4.69) is 0 Å². The lowest BCUT2D eigenvalue weighted by atomic mass is 10.0. The summed E-state index contributed by atoms with van der Waals surface area (Å²) in [6.07, 6.45) is 0. The second-order valence-corrected chi connectivity index (χ2v) is 6.82. The molecule has 0 aliphatic rings. The van der Waals surface area contributed by atoms with Gasteiger partial charge in [0.25, 0.3) is 0 Å². The van der Waals surface area contributed by atoms with E-state index >= 15 is 0 Å². The molecular formula is C15H13Cl2NO2S. The van der Waals surface area contributed by atoms with Gasteiger partial charge < -0.3 is 5.73 Å². The number of primary amides is 1. The number of benzene rings is 2. The van der Waals surface area contributed by atoms with Crippen LogP contribution in [0.2, 0.25) is 10.0 Å². The minimum Gasteiger partial charge on any atom is -0.369 e. The molecule has 0 aliphatic carbocycles. The van der Waals surface area contributed by atoms with Gasteiger partial charge in [-0.1, -0.05) is 53.5 Å². The highest BCUT2D eigenvalue weighted by atomic mass is 35.5. The first kappa shape index (κ1) is 16.0. The zero-order valence-corrected chi connectivity index (χ0v) is 13.3. The van der Waals surface area contributed by atoms with Crippen LogP contribution >= 0.6 is 23.2 Å². The summed E-state index contributed by atoms with van der Waals surface area (Å²) in [7, 11) is -1.30. The van der Waals surface area contributed by atoms with Crippen molar-refractivity contribution in [1.82, 2.24) is 0 Å². The van der Waals surface area contributed by atoms with Crippen LogP contribution in [0.5, 0.6) is 0 Å². The van der Waals surface area contributed by atoms with Gasteiger partial charge in [-0.3, -0.25) is 9.00 Å². The number of nitrogens with two attached hydrogens (primary N) is 1. The molecule has 2 N–H and O–H groups in total. The largest absolute Gasteiger partial charge is 0.369 e. The number of hydrogen-bond donors (Lipinski definition) is 1. The molecule has 1 unspecified atom stereocenters. The van der Waals surface area contributed by atoms with E-state index < -0.39 is 16.7 Å². The summed E-state index contributed by atoms with van der Waals surface area (Å²) in [5.41, 5.74) is 7.66. The monoisotopic (exact) mass is 341 g/mol. The number of carbonyl (C=O) groups is 1. The second kappa shape index (κ2) is 7.07. The summed E-state index contributed by atoms with van der Waals surface area (Å²) in [6, 6.07) is 12.8. The second-order valence-electron chi connectivity index (χ2n) is 4.52. The van der Waals surface area contributed by atoms with Crippen molar-refractivity contribution >= 4 is 39.9 Å². The molecular weight excluding hydrogens is 329 g/mol. The first-order valence-electron chi connectivity index (χ1n) is 6.13. The molecule has 1 amide bonds. The third-order valence-corrected chi connectivity index (χ3v) is 4.61. The Morgan fingerprint density at radius 2 is 1.90 bits per heavy atom. The molecule has 3 nitrogen and oxygen atoms in total. The van der Waals surface area contributed by atoms with Crippen molar-refractivity contribution in [1.29, 1.82) is 0 Å². The smallest absolute Gasteiger partial charge is 0.230 e. The predicted octanol–water partition coefficient (Wildman–Crippen LogP) is 3.39. The van der Waals surface area contributed by atoms with E-state index in [0.29, 0.717) is 10.0 Å². The molecule has 0 aromatic heterocycles. The highest BCUT2D eigenvalue weighted by Crippen LogP contribution is 2.30. The Labute approximate surface area is 135 Å². The Kier molecular flexibility index (Phi) is 5.39. The Morgan fingerprint density at radius 1 is 1.14 bits per heavy atom. The summed E-state index contributed by atoms with van der Waals surface area (Å²) in [5, 5.41) is 1.13. The molecule has 0 bridgehead atoms. The number of rotatable bonds is 5. The lowest BCUT2D eigenvalue weighted by Gasteiger charge is -2.07. The van der Waals surface area contributed by atoms with Crippen LogP contribution < -0.4 is 5.73 Å². The van der Waals surface area contributed by atoms with Crippen molar-refractivity contribution < 1.29 is 9.00 Å². The molecule has 2 aromatic carbocycles. The number of carbonyl (C=O) groups excluding carboxylic acids is 1. The fourth-order valence-electron chi connectivity index (χ4n) is 1.95. The van der Waals surface area contributed by atoms with Crippen molar-refractivity contribution in [2.24, 2.45) is 5.73 Å². The van der Waals surface area contributed by atoms with Gasteiger partial charge in [0, 0.05) is 32.2 Å². The fraction of sp³-hybridized carbons (Fsp3) is 0.133. The maximum absolute atomic E-state index is 11.7. The van der Waals surface area contributed by atoms with Gasteiger partial charge in [0.15, 0.2) is 0 Å². The third kappa shape index (κ3) is 4.56. The van der Waals surface area contributed by atoms with E-state index in [9.17, 15) is 9.00 Å². The lowest BCUT2D eigenvalue weighted by Crippen LogP contribution is -2.20. The molecule has 0 fully saturated rings. The van der Waals surface area contributed by atoms with Crippen LogP contribution in [0.4, 0.5) is 0 Å². The van der Waals surface area contributed by atoms with Gasteiger partial charge in [-0.25, -0.2) is 0 Å².